The third kappa shape index (κ3) is 2.55. The minimum Gasteiger partial charge on any atom is -0.207 e. The van der Waals surface area contributed by atoms with Gasteiger partial charge in [0.25, 0.3) is 0 Å². The summed E-state index contributed by atoms with van der Waals surface area (Å²) in [5.41, 5.74) is 1.76. The SMILES string of the molecule is Cc1cc(C(Br)c2ccc(Br)s2)ccc1F. The van der Waals surface area contributed by atoms with Gasteiger partial charge in [0.05, 0.1) is 8.61 Å². The lowest BCUT2D eigenvalue weighted by Gasteiger charge is -2.09. The van der Waals surface area contributed by atoms with Crippen molar-refractivity contribution in [1.82, 2.24) is 0 Å². The molecule has 0 saturated heterocycles. The molecule has 0 N–H and O–H groups in total. The molecule has 0 aliphatic carbocycles. The molecular formula is C12H9Br2FS. The number of thiophene rings is 1. The highest BCUT2D eigenvalue weighted by Gasteiger charge is 2.13. The zero-order valence-corrected chi connectivity index (χ0v) is 12.5. The van der Waals surface area contributed by atoms with Gasteiger partial charge in [-0.3, -0.25) is 0 Å². The highest BCUT2D eigenvalue weighted by atomic mass is 79.9. The van der Waals surface area contributed by atoms with Gasteiger partial charge in [0.2, 0.25) is 0 Å². The van der Waals surface area contributed by atoms with Crippen LogP contribution in [-0.4, -0.2) is 0 Å². The summed E-state index contributed by atoms with van der Waals surface area (Å²) < 4.78 is 14.3. The lowest BCUT2D eigenvalue weighted by Crippen LogP contribution is -1.92. The standard InChI is InChI=1S/C12H9Br2FS/c1-7-6-8(2-3-9(7)15)12(14)10-4-5-11(13)16-10/h2-6,12H,1H3. The fourth-order valence-electron chi connectivity index (χ4n) is 1.45. The van der Waals surface area contributed by atoms with Crippen LogP contribution in [0.2, 0.25) is 0 Å². The lowest BCUT2D eigenvalue weighted by molar-refractivity contribution is 0.618. The molecule has 0 aliphatic heterocycles. The van der Waals surface area contributed by atoms with E-state index in [2.05, 4.69) is 37.9 Å². The molecule has 0 aliphatic rings. The molecule has 4 heteroatoms. The van der Waals surface area contributed by atoms with Gasteiger partial charge in [-0.1, -0.05) is 28.1 Å². The van der Waals surface area contributed by atoms with Crippen LogP contribution in [0.15, 0.2) is 34.1 Å². The predicted octanol–water partition coefficient (Wildman–Crippen LogP) is 5.44. The van der Waals surface area contributed by atoms with Crippen molar-refractivity contribution in [2.75, 3.05) is 0 Å². The molecule has 16 heavy (non-hydrogen) atoms. The van der Waals surface area contributed by atoms with Crippen LogP contribution in [0.3, 0.4) is 0 Å². The number of rotatable bonds is 2. The van der Waals surface area contributed by atoms with Crippen LogP contribution < -0.4 is 0 Å². The van der Waals surface area contributed by atoms with E-state index in [4.69, 9.17) is 0 Å². The summed E-state index contributed by atoms with van der Waals surface area (Å²) in [4.78, 5) is 1.33. The highest BCUT2D eigenvalue weighted by molar-refractivity contribution is 9.11. The zero-order chi connectivity index (χ0) is 11.7. The Morgan fingerprint density at radius 2 is 2.00 bits per heavy atom. The van der Waals surface area contributed by atoms with Crippen molar-refractivity contribution in [3.63, 3.8) is 0 Å². The molecule has 0 fully saturated rings. The summed E-state index contributed by atoms with van der Waals surface area (Å²) >= 11 is 8.75. The Morgan fingerprint density at radius 1 is 1.25 bits per heavy atom. The molecule has 2 rings (SSSR count). The summed E-state index contributed by atoms with van der Waals surface area (Å²) in [5.74, 6) is -0.157. The van der Waals surface area contributed by atoms with E-state index >= 15 is 0 Å². The zero-order valence-electron chi connectivity index (χ0n) is 8.51. The molecule has 1 unspecified atom stereocenters. The van der Waals surface area contributed by atoms with Gasteiger partial charge in [-0.2, -0.15) is 0 Å². The first kappa shape index (κ1) is 12.3. The highest BCUT2D eigenvalue weighted by Crippen LogP contribution is 2.37. The minimum absolute atomic E-state index is 0.128. The molecule has 1 heterocycles. The number of benzene rings is 1. The van der Waals surface area contributed by atoms with Gasteiger partial charge in [-0.05, 0) is 52.2 Å². The van der Waals surface area contributed by atoms with Gasteiger partial charge in [-0.15, -0.1) is 11.3 Å². The maximum Gasteiger partial charge on any atom is 0.126 e. The first-order valence-electron chi connectivity index (χ1n) is 4.73. The van der Waals surface area contributed by atoms with Crippen molar-refractivity contribution in [2.24, 2.45) is 0 Å². The quantitative estimate of drug-likeness (QED) is 0.623. The molecule has 84 valence electrons. The summed E-state index contributed by atoms with van der Waals surface area (Å²) in [7, 11) is 0. The predicted molar refractivity (Wildman–Crippen MR) is 73.9 cm³/mol. The largest absolute Gasteiger partial charge is 0.207 e. The van der Waals surface area contributed by atoms with Crippen LogP contribution in [0.1, 0.15) is 20.8 Å². The van der Waals surface area contributed by atoms with Crippen LogP contribution >= 0.6 is 43.2 Å². The van der Waals surface area contributed by atoms with Crippen LogP contribution in [0.25, 0.3) is 0 Å². The fourth-order valence-corrected chi connectivity index (χ4v) is 3.60. The Balaban J connectivity index is 2.33. The Hall–Kier alpha value is -0.190. The van der Waals surface area contributed by atoms with Gasteiger partial charge in [0.15, 0.2) is 0 Å². The summed E-state index contributed by atoms with van der Waals surface area (Å²) in [6.07, 6.45) is 0. The number of hydrogen-bond donors (Lipinski definition) is 0. The molecule has 0 radical (unpaired) electrons. The van der Waals surface area contributed by atoms with E-state index in [1.165, 1.54) is 10.9 Å². The monoisotopic (exact) mass is 362 g/mol. The van der Waals surface area contributed by atoms with Crippen molar-refractivity contribution >= 4 is 43.2 Å². The molecule has 0 nitrogen and oxygen atoms in total. The minimum atomic E-state index is -0.157. The van der Waals surface area contributed by atoms with E-state index in [0.29, 0.717) is 5.56 Å². The van der Waals surface area contributed by atoms with Crippen molar-refractivity contribution in [3.05, 3.63) is 55.9 Å². The molecule has 0 saturated carbocycles. The molecule has 1 atom stereocenters. The van der Waals surface area contributed by atoms with E-state index in [1.807, 2.05) is 18.2 Å². The van der Waals surface area contributed by atoms with Crippen molar-refractivity contribution in [3.8, 4) is 0 Å². The van der Waals surface area contributed by atoms with Crippen LogP contribution in [0, 0.1) is 12.7 Å². The normalized spacial score (nSPS) is 12.8. The number of hydrogen-bond acceptors (Lipinski definition) is 1. The van der Waals surface area contributed by atoms with Crippen molar-refractivity contribution in [2.45, 2.75) is 11.8 Å². The second kappa shape index (κ2) is 4.98. The third-order valence-corrected chi connectivity index (χ3v) is 5.33. The van der Waals surface area contributed by atoms with E-state index in [0.717, 1.165) is 9.35 Å². The van der Waals surface area contributed by atoms with Gasteiger partial charge in [-0.25, -0.2) is 4.39 Å². The Bertz CT molecular complexity index is 507. The first-order valence-corrected chi connectivity index (χ1v) is 7.26. The van der Waals surface area contributed by atoms with Crippen molar-refractivity contribution in [1.29, 1.82) is 0 Å². The van der Waals surface area contributed by atoms with Crippen molar-refractivity contribution < 1.29 is 4.39 Å². The molecule has 2 aromatic rings. The summed E-state index contributed by atoms with van der Waals surface area (Å²) in [5, 5.41) is 0. The molecule has 0 amide bonds. The Morgan fingerprint density at radius 3 is 2.56 bits per heavy atom. The second-order valence-electron chi connectivity index (χ2n) is 3.51. The molecule has 1 aromatic heterocycles. The van der Waals surface area contributed by atoms with Crippen LogP contribution in [-0.2, 0) is 0 Å². The molecule has 0 bridgehead atoms. The average Bonchev–Trinajstić information content (AvgIpc) is 2.68. The van der Waals surface area contributed by atoms with E-state index in [-0.39, 0.29) is 10.6 Å². The number of halogens is 3. The molecule has 1 aromatic carbocycles. The van der Waals surface area contributed by atoms with E-state index < -0.39 is 0 Å². The van der Waals surface area contributed by atoms with Gasteiger partial charge < -0.3 is 0 Å². The number of alkyl halides is 1. The Kier molecular flexibility index (Phi) is 3.82. The van der Waals surface area contributed by atoms with Gasteiger partial charge in [0.1, 0.15) is 5.82 Å². The summed E-state index contributed by atoms with van der Waals surface area (Å²) in [6, 6.07) is 9.29. The Labute approximate surface area is 115 Å². The topological polar surface area (TPSA) is 0 Å². The maximum absolute atomic E-state index is 13.1. The first-order chi connectivity index (χ1) is 7.58. The smallest absolute Gasteiger partial charge is 0.126 e. The van der Waals surface area contributed by atoms with E-state index in [1.54, 1.807) is 18.3 Å². The van der Waals surface area contributed by atoms with Gasteiger partial charge in [0, 0.05) is 4.88 Å². The van der Waals surface area contributed by atoms with E-state index in [9.17, 15) is 4.39 Å². The average molecular weight is 364 g/mol. The fraction of sp³-hybridized carbons (Fsp3) is 0.167. The van der Waals surface area contributed by atoms with Gasteiger partial charge >= 0.3 is 0 Å². The number of aryl methyl sites for hydroxylation is 1. The lowest BCUT2D eigenvalue weighted by atomic mass is 10.1. The molecular weight excluding hydrogens is 355 g/mol. The third-order valence-electron chi connectivity index (χ3n) is 2.32. The van der Waals surface area contributed by atoms with Crippen LogP contribution in [0.4, 0.5) is 4.39 Å². The second-order valence-corrected chi connectivity index (χ2v) is 6.92. The molecule has 0 spiro atoms. The maximum atomic E-state index is 13.1. The summed E-state index contributed by atoms with van der Waals surface area (Å²) in [6.45, 7) is 1.78. The van der Waals surface area contributed by atoms with Crippen LogP contribution in [0.5, 0.6) is 0 Å².